The lowest BCUT2D eigenvalue weighted by molar-refractivity contribution is 0.0309. The molecule has 2 heterocycles. The molecule has 100 valence electrons. The van der Waals surface area contributed by atoms with Crippen LogP contribution in [0.2, 0.25) is 0 Å². The van der Waals surface area contributed by atoms with Gasteiger partial charge in [0, 0.05) is 18.6 Å². The zero-order valence-corrected chi connectivity index (χ0v) is 12.0. The molecule has 0 spiro atoms. The molecule has 2 atom stereocenters. The number of rotatable bonds is 6. The van der Waals surface area contributed by atoms with Crippen LogP contribution in [-0.2, 0) is 11.2 Å². The standard InChI is InChI=1S/C15H23NOS/c1-2-16-11-15(9-12-5-8-18-10-12)6-7-17-14(15)13-3-4-13/h5,8,10,13-14,16H,2-4,6-7,9,11H2,1H3. The van der Waals surface area contributed by atoms with Crippen molar-refractivity contribution in [3.8, 4) is 0 Å². The van der Waals surface area contributed by atoms with Crippen LogP contribution in [0.5, 0.6) is 0 Å². The Balaban J connectivity index is 1.77. The third-order valence-electron chi connectivity index (χ3n) is 4.41. The van der Waals surface area contributed by atoms with Crippen molar-refractivity contribution in [1.29, 1.82) is 0 Å². The molecular weight excluding hydrogens is 242 g/mol. The van der Waals surface area contributed by atoms with E-state index in [-0.39, 0.29) is 0 Å². The predicted molar refractivity (Wildman–Crippen MR) is 76.1 cm³/mol. The van der Waals surface area contributed by atoms with Crippen LogP contribution in [0, 0.1) is 11.3 Å². The summed E-state index contributed by atoms with van der Waals surface area (Å²) < 4.78 is 6.10. The second-order valence-corrected chi connectivity index (χ2v) is 6.61. The van der Waals surface area contributed by atoms with E-state index in [9.17, 15) is 0 Å². The first-order chi connectivity index (χ1) is 8.84. The molecule has 18 heavy (non-hydrogen) atoms. The number of hydrogen-bond donors (Lipinski definition) is 1. The smallest absolute Gasteiger partial charge is 0.0675 e. The molecule has 1 saturated carbocycles. The zero-order chi connectivity index (χ0) is 12.4. The number of nitrogens with one attached hydrogen (secondary N) is 1. The molecule has 3 rings (SSSR count). The lowest BCUT2D eigenvalue weighted by atomic mass is 9.74. The Morgan fingerprint density at radius 2 is 2.39 bits per heavy atom. The second-order valence-electron chi connectivity index (χ2n) is 5.83. The van der Waals surface area contributed by atoms with Gasteiger partial charge in [0.05, 0.1) is 6.10 Å². The third kappa shape index (κ3) is 2.49. The number of ether oxygens (including phenoxy) is 1. The Hall–Kier alpha value is -0.380. The van der Waals surface area contributed by atoms with Gasteiger partial charge in [-0.25, -0.2) is 0 Å². The van der Waals surface area contributed by atoms with Crippen LogP contribution < -0.4 is 5.32 Å². The molecular formula is C15H23NOS. The van der Waals surface area contributed by atoms with Gasteiger partial charge in [-0.3, -0.25) is 0 Å². The summed E-state index contributed by atoms with van der Waals surface area (Å²) in [6.07, 6.45) is 5.66. The maximum absolute atomic E-state index is 6.10. The molecule has 1 aliphatic carbocycles. The maximum Gasteiger partial charge on any atom is 0.0675 e. The van der Waals surface area contributed by atoms with Gasteiger partial charge in [0.1, 0.15) is 0 Å². The summed E-state index contributed by atoms with van der Waals surface area (Å²) in [5, 5.41) is 8.07. The van der Waals surface area contributed by atoms with Crippen LogP contribution in [0.3, 0.4) is 0 Å². The minimum atomic E-state index is 0.345. The summed E-state index contributed by atoms with van der Waals surface area (Å²) in [4.78, 5) is 0. The van der Waals surface area contributed by atoms with Crippen LogP contribution in [0.4, 0.5) is 0 Å². The molecule has 0 amide bonds. The highest BCUT2D eigenvalue weighted by Crippen LogP contribution is 2.49. The SMILES string of the molecule is CCNCC1(Cc2ccsc2)CCOC1C1CC1. The van der Waals surface area contributed by atoms with E-state index >= 15 is 0 Å². The van der Waals surface area contributed by atoms with Crippen molar-refractivity contribution in [3.05, 3.63) is 22.4 Å². The summed E-state index contributed by atoms with van der Waals surface area (Å²) in [6.45, 7) is 5.32. The van der Waals surface area contributed by atoms with Gasteiger partial charge in [-0.2, -0.15) is 11.3 Å². The maximum atomic E-state index is 6.10. The molecule has 1 aromatic heterocycles. The van der Waals surface area contributed by atoms with E-state index in [1.807, 2.05) is 11.3 Å². The quantitative estimate of drug-likeness (QED) is 0.853. The first kappa shape index (κ1) is 12.6. The van der Waals surface area contributed by atoms with E-state index in [2.05, 4.69) is 29.1 Å². The largest absolute Gasteiger partial charge is 0.377 e. The molecule has 1 N–H and O–H groups in total. The lowest BCUT2D eigenvalue weighted by Crippen LogP contribution is -2.43. The highest BCUT2D eigenvalue weighted by molar-refractivity contribution is 7.07. The minimum Gasteiger partial charge on any atom is -0.377 e. The molecule has 2 unspecified atom stereocenters. The van der Waals surface area contributed by atoms with Gasteiger partial charge in [0.25, 0.3) is 0 Å². The van der Waals surface area contributed by atoms with Gasteiger partial charge in [-0.05, 0) is 60.5 Å². The average Bonchev–Trinajstić information content (AvgIpc) is 2.94. The van der Waals surface area contributed by atoms with E-state index in [1.54, 1.807) is 0 Å². The second kappa shape index (κ2) is 5.32. The fourth-order valence-electron chi connectivity index (χ4n) is 3.36. The van der Waals surface area contributed by atoms with Crippen LogP contribution in [0.25, 0.3) is 0 Å². The van der Waals surface area contributed by atoms with Crippen molar-refractivity contribution in [2.24, 2.45) is 11.3 Å². The van der Waals surface area contributed by atoms with Crippen molar-refractivity contribution in [2.45, 2.75) is 38.7 Å². The van der Waals surface area contributed by atoms with Crippen molar-refractivity contribution in [1.82, 2.24) is 5.32 Å². The normalized spacial score (nSPS) is 31.9. The van der Waals surface area contributed by atoms with Gasteiger partial charge in [-0.1, -0.05) is 6.92 Å². The summed E-state index contributed by atoms with van der Waals surface area (Å²) >= 11 is 1.81. The van der Waals surface area contributed by atoms with Crippen molar-refractivity contribution in [3.63, 3.8) is 0 Å². The van der Waals surface area contributed by atoms with Gasteiger partial charge < -0.3 is 10.1 Å². The van der Waals surface area contributed by atoms with Crippen molar-refractivity contribution >= 4 is 11.3 Å². The molecule has 0 bridgehead atoms. The van der Waals surface area contributed by atoms with Crippen molar-refractivity contribution < 1.29 is 4.74 Å². The summed E-state index contributed by atoms with van der Waals surface area (Å²) in [7, 11) is 0. The third-order valence-corrected chi connectivity index (χ3v) is 5.15. The van der Waals surface area contributed by atoms with Gasteiger partial charge in [0.2, 0.25) is 0 Å². The molecule has 1 aromatic rings. The molecule has 0 radical (unpaired) electrons. The van der Waals surface area contributed by atoms with E-state index in [0.29, 0.717) is 11.5 Å². The molecule has 1 saturated heterocycles. The average molecular weight is 265 g/mol. The lowest BCUT2D eigenvalue weighted by Gasteiger charge is -2.34. The first-order valence-electron chi connectivity index (χ1n) is 7.17. The highest BCUT2D eigenvalue weighted by Gasteiger charge is 2.50. The fraction of sp³-hybridized carbons (Fsp3) is 0.733. The van der Waals surface area contributed by atoms with E-state index in [0.717, 1.165) is 25.6 Å². The summed E-state index contributed by atoms with van der Waals surface area (Å²) in [6, 6.07) is 2.28. The van der Waals surface area contributed by atoms with Crippen LogP contribution in [0.15, 0.2) is 16.8 Å². The summed E-state index contributed by atoms with van der Waals surface area (Å²) in [5.41, 5.74) is 1.84. The Labute approximate surface area is 114 Å². The van der Waals surface area contributed by atoms with Gasteiger partial charge in [0.15, 0.2) is 0 Å². The topological polar surface area (TPSA) is 21.3 Å². The highest BCUT2D eigenvalue weighted by atomic mass is 32.1. The molecule has 1 aliphatic heterocycles. The number of hydrogen-bond acceptors (Lipinski definition) is 3. The minimum absolute atomic E-state index is 0.345. The monoisotopic (exact) mass is 265 g/mol. The zero-order valence-electron chi connectivity index (χ0n) is 11.2. The van der Waals surface area contributed by atoms with Crippen LogP contribution in [0.1, 0.15) is 31.7 Å². The van der Waals surface area contributed by atoms with E-state index < -0.39 is 0 Å². The van der Waals surface area contributed by atoms with E-state index in [1.165, 1.54) is 31.2 Å². The summed E-state index contributed by atoms with van der Waals surface area (Å²) in [5.74, 6) is 0.838. The Morgan fingerprint density at radius 1 is 1.50 bits per heavy atom. The van der Waals surface area contributed by atoms with Gasteiger partial charge >= 0.3 is 0 Å². The Kier molecular flexibility index (Phi) is 3.73. The number of thiophene rings is 1. The molecule has 2 aliphatic rings. The fourth-order valence-corrected chi connectivity index (χ4v) is 4.03. The Bertz CT molecular complexity index is 374. The van der Waals surface area contributed by atoms with Crippen molar-refractivity contribution in [2.75, 3.05) is 19.7 Å². The Morgan fingerprint density at radius 3 is 3.06 bits per heavy atom. The predicted octanol–water partition coefficient (Wildman–Crippen LogP) is 3.09. The van der Waals surface area contributed by atoms with E-state index in [4.69, 9.17) is 4.74 Å². The first-order valence-corrected chi connectivity index (χ1v) is 8.12. The van der Waals surface area contributed by atoms with Gasteiger partial charge in [-0.15, -0.1) is 0 Å². The molecule has 3 heteroatoms. The molecule has 2 fully saturated rings. The van der Waals surface area contributed by atoms with Crippen LogP contribution in [-0.4, -0.2) is 25.8 Å². The molecule has 0 aromatic carbocycles. The molecule has 2 nitrogen and oxygen atoms in total. The van der Waals surface area contributed by atoms with Crippen LogP contribution >= 0.6 is 11.3 Å².